The number of methoxy groups -OCH3 is 1. The highest BCUT2D eigenvalue weighted by Gasteiger charge is 2.25. The minimum Gasteiger partial charge on any atom is -0.463 e. The van der Waals surface area contributed by atoms with Crippen molar-refractivity contribution in [2.24, 2.45) is 5.41 Å². The van der Waals surface area contributed by atoms with Gasteiger partial charge in [-0.15, -0.1) is 0 Å². The number of carbonyl (C=O) groups is 1. The first-order valence-corrected chi connectivity index (χ1v) is 13.3. The molecule has 1 unspecified atom stereocenters. The van der Waals surface area contributed by atoms with E-state index in [1.807, 2.05) is 0 Å². The molecule has 0 saturated heterocycles. The molecule has 1 atom stereocenters. The lowest BCUT2D eigenvalue weighted by atomic mass is 9.80. The Bertz CT molecular complexity index is 385. The summed E-state index contributed by atoms with van der Waals surface area (Å²) in [5.41, 5.74) is 0.0959. The van der Waals surface area contributed by atoms with Crippen LogP contribution >= 0.6 is 0 Å². The van der Waals surface area contributed by atoms with Gasteiger partial charge in [-0.3, -0.25) is 0 Å². The molecule has 0 rings (SSSR count). The van der Waals surface area contributed by atoms with E-state index in [1.54, 1.807) is 7.11 Å². The number of rotatable bonds is 24. The quantitative estimate of drug-likeness (QED) is 0.113. The van der Waals surface area contributed by atoms with E-state index in [-0.39, 0.29) is 18.0 Å². The molecule has 0 aromatic carbocycles. The number of unbranched alkanes of at least 4 members (excludes halogenated alkanes) is 12. The van der Waals surface area contributed by atoms with E-state index >= 15 is 0 Å². The van der Waals surface area contributed by atoms with Crippen molar-refractivity contribution in [3.63, 3.8) is 0 Å². The Kier molecular flexibility index (Phi) is 22.1. The molecule has 0 amide bonds. The van der Waals surface area contributed by atoms with Crippen molar-refractivity contribution in [3.8, 4) is 0 Å². The van der Waals surface area contributed by atoms with Crippen LogP contribution in [-0.4, -0.2) is 39.5 Å². The summed E-state index contributed by atoms with van der Waals surface area (Å²) >= 11 is 0. The maximum Gasteiger partial charge on any atom is 0.332 e. The fraction of sp³-hybridized carbons (Fsp3) is 0.963. The number of hydrogen-bond donors (Lipinski definition) is 0. The number of hydrogen-bond acceptors (Lipinski definition) is 4. The maximum atomic E-state index is 12.1. The third kappa shape index (κ3) is 21.0. The standard InChI is InChI=1S/C27H54O4/c1-5-7-9-11-13-14-16-18-21-27(3,20-17-15-12-10-8-6-2)25-31-26(28)24-30-23-19-22-29-4/h5-25H2,1-4H3. The van der Waals surface area contributed by atoms with Crippen LogP contribution in [0.4, 0.5) is 0 Å². The van der Waals surface area contributed by atoms with Crippen LogP contribution in [0, 0.1) is 5.41 Å². The van der Waals surface area contributed by atoms with Crippen molar-refractivity contribution in [1.29, 1.82) is 0 Å². The van der Waals surface area contributed by atoms with Crippen molar-refractivity contribution < 1.29 is 19.0 Å². The highest BCUT2D eigenvalue weighted by molar-refractivity contribution is 5.70. The predicted octanol–water partition coefficient (Wildman–Crippen LogP) is 7.87. The fourth-order valence-corrected chi connectivity index (χ4v) is 4.04. The Hall–Kier alpha value is -0.610. The molecule has 0 heterocycles. The van der Waals surface area contributed by atoms with E-state index in [0.29, 0.717) is 19.8 Å². The normalized spacial score (nSPS) is 13.3. The van der Waals surface area contributed by atoms with Crippen LogP contribution in [0.25, 0.3) is 0 Å². The van der Waals surface area contributed by atoms with Gasteiger partial charge in [0, 0.05) is 25.7 Å². The largest absolute Gasteiger partial charge is 0.463 e. The van der Waals surface area contributed by atoms with E-state index in [9.17, 15) is 4.79 Å². The summed E-state index contributed by atoms with van der Waals surface area (Å²) in [4.78, 5) is 12.1. The average molecular weight is 443 g/mol. The van der Waals surface area contributed by atoms with E-state index in [4.69, 9.17) is 14.2 Å². The second-order valence-electron chi connectivity index (χ2n) is 9.61. The molecular formula is C27H54O4. The average Bonchev–Trinajstić information content (AvgIpc) is 2.76. The Morgan fingerprint density at radius 3 is 1.65 bits per heavy atom. The minimum absolute atomic E-state index is 0.0502. The molecule has 0 saturated carbocycles. The van der Waals surface area contributed by atoms with Crippen molar-refractivity contribution in [3.05, 3.63) is 0 Å². The van der Waals surface area contributed by atoms with Gasteiger partial charge in [0.15, 0.2) is 0 Å². The molecule has 0 fully saturated rings. The van der Waals surface area contributed by atoms with Crippen LogP contribution in [0.5, 0.6) is 0 Å². The molecule has 4 nitrogen and oxygen atoms in total. The first-order chi connectivity index (χ1) is 15.1. The summed E-state index contributed by atoms with van der Waals surface area (Å²) in [7, 11) is 1.67. The van der Waals surface area contributed by atoms with Gasteiger partial charge in [-0.05, 0) is 19.3 Å². The molecule has 0 aromatic rings. The molecule has 0 aliphatic carbocycles. The lowest BCUT2D eigenvalue weighted by Gasteiger charge is -2.29. The Labute approximate surface area is 194 Å². The number of esters is 1. The Morgan fingerprint density at radius 2 is 1.16 bits per heavy atom. The second-order valence-corrected chi connectivity index (χ2v) is 9.61. The summed E-state index contributed by atoms with van der Waals surface area (Å²) in [6, 6.07) is 0. The van der Waals surface area contributed by atoms with Gasteiger partial charge in [0.2, 0.25) is 0 Å². The monoisotopic (exact) mass is 442 g/mol. The summed E-state index contributed by atoms with van der Waals surface area (Å²) in [6.07, 6.45) is 21.6. The van der Waals surface area contributed by atoms with Crippen LogP contribution in [0.15, 0.2) is 0 Å². The van der Waals surface area contributed by atoms with Gasteiger partial charge in [-0.25, -0.2) is 4.79 Å². The molecule has 0 aliphatic rings. The Morgan fingerprint density at radius 1 is 0.677 bits per heavy atom. The van der Waals surface area contributed by atoms with Crippen LogP contribution in [0.1, 0.15) is 130 Å². The molecule has 0 radical (unpaired) electrons. The van der Waals surface area contributed by atoms with Gasteiger partial charge in [-0.2, -0.15) is 0 Å². The number of carbonyl (C=O) groups excluding carboxylic acids is 1. The highest BCUT2D eigenvalue weighted by atomic mass is 16.6. The molecule has 31 heavy (non-hydrogen) atoms. The van der Waals surface area contributed by atoms with Crippen LogP contribution in [0.2, 0.25) is 0 Å². The summed E-state index contributed by atoms with van der Waals surface area (Å²) < 4.78 is 16.0. The predicted molar refractivity (Wildman–Crippen MR) is 132 cm³/mol. The first kappa shape index (κ1) is 30.4. The molecule has 0 aromatic heterocycles. The minimum atomic E-state index is -0.234. The van der Waals surface area contributed by atoms with Crippen molar-refractivity contribution >= 4 is 5.97 Å². The first-order valence-electron chi connectivity index (χ1n) is 13.3. The third-order valence-electron chi connectivity index (χ3n) is 6.21. The Balaban J connectivity index is 4.20. The van der Waals surface area contributed by atoms with E-state index < -0.39 is 0 Å². The van der Waals surface area contributed by atoms with Gasteiger partial charge in [0.05, 0.1) is 6.61 Å². The van der Waals surface area contributed by atoms with E-state index in [1.165, 1.54) is 89.9 Å². The lowest BCUT2D eigenvalue weighted by molar-refractivity contribution is -0.152. The van der Waals surface area contributed by atoms with Crippen molar-refractivity contribution in [2.45, 2.75) is 130 Å². The third-order valence-corrected chi connectivity index (χ3v) is 6.21. The molecule has 0 N–H and O–H groups in total. The second kappa shape index (κ2) is 22.6. The molecule has 186 valence electrons. The molecular weight excluding hydrogens is 388 g/mol. The van der Waals surface area contributed by atoms with Gasteiger partial charge in [-0.1, -0.05) is 111 Å². The maximum absolute atomic E-state index is 12.1. The van der Waals surface area contributed by atoms with Gasteiger partial charge in [0.25, 0.3) is 0 Å². The van der Waals surface area contributed by atoms with Crippen molar-refractivity contribution in [1.82, 2.24) is 0 Å². The topological polar surface area (TPSA) is 44.8 Å². The molecule has 0 bridgehead atoms. The number of ether oxygens (including phenoxy) is 3. The summed E-state index contributed by atoms with van der Waals surface area (Å²) in [5, 5.41) is 0. The van der Waals surface area contributed by atoms with Crippen LogP contribution in [0.3, 0.4) is 0 Å². The molecule has 0 aliphatic heterocycles. The summed E-state index contributed by atoms with van der Waals surface area (Å²) in [5.74, 6) is -0.234. The van der Waals surface area contributed by atoms with Gasteiger partial charge < -0.3 is 14.2 Å². The fourth-order valence-electron chi connectivity index (χ4n) is 4.04. The SMILES string of the molecule is CCCCCCCCCCC(C)(CCCCCCCC)COC(=O)COCCCOC. The van der Waals surface area contributed by atoms with E-state index in [2.05, 4.69) is 20.8 Å². The van der Waals surface area contributed by atoms with Crippen molar-refractivity contribution in [2.75, 3.05) is 33.5 Å². The van der Waals surface area contributed by atoms with Crippen LogP contribution in [-0.2, 0) is 19.0 Å². The zero-order valence-corrected chi connectivity index (χ0v) is 21.5. The van der Waals surface area contributed by atoms with Gasteiger partial charge in [0.1, 0.15) is 6.61 Å². The zero-order valence-electron chi connectivity index (χ0n) is 21.5. The highest BCUT2D eigenvalue weighted by Crippen LogP contribution is 2.32. The zero-order chi connectivity index (χ0) is 23.0. The molecule has 4 heteroatoms. The lowest BCUT2D eigenvalue weighted by Crippen LogP contribution is -2.27. The van der Waals surface area contributed by atoms with Gasteiger partial charge >= 0.3 is 5.97 Å². The smallest absolute Gasteiger partial charge is 0.332 e. The van der Waals surface area contributed by atoms with E-state index in [0.717, 1.165) is 19.3 Å². The summed E-state index contributed by atoms with van der Waals surface area (Å²) in [6.45, 7) is 8.61. The van der Waals surface area contributed by atoms with Crippen LogP contribution < -0.4 is 0 Å². The molecule has 0 spiro atoms.